The van der Waals surface area contributed by atoms with Gasteiger partial charge < -0.3 is 33.8 Å². The summed E-state index contributed by atoms with van der Waals surface area (Å²) in [6, 6.07) is 17.1. The van der Waals surface area contributed by atoms with Crippen LogP contribution in [0.5, 0.6) is 0 Å². The molecule has 0 bridgehead atoms. The molecule has 1 saturated heterocycles. The Morgan fingerprint density at radius 2 is 1.05 bits per heavy atom. The van der Waals surface area contributed by atoms with Crippen LogP contribution in [0.15, 0.2) is 60.7 Å². The molecule has 0 radical (unpaired) electrons. The summed E-state index contributed by atoms with van der Waals surface area (Å²) in [6.07, 6.45) is 27.0. The topological polar surface area (TPSA) is 113 Å². The Morgan fingerprint density at radius 1 is 0.615 bits per heavy atom. The number of halogens is 2. The van der Waals surface area contributed by atoms with Crippen molar-refractivity contribution in [1.82, 2.24) is 5.32 Å². The van der Waals surface area contributed by atoms with E-state index in [2.05, 4.69) is 60.0 Å². The summed E-state index contributed by atoms with van der Waals surface area (Å²) >= 11 is 0. The van der Waals surface area contributed by atoms with Gasteiger partial charge in [0.15, 0.2) is 20.5 Å². The third kappa shape index (κ3) is 27.8. The number of hydrogen-bond acceptors (Lipinski definition) is 8. The molecule has 6 atom stereocenters. The zero-order valence-electron chi connectivity index (χ0n) is 50.6. The first-order chi connectivity index (χ1) is 37.6. The van der Waals surface area contributed by atoms with E-state index in [1.807, 2.05) is 60.7 Å². The molecule has 0 spiro atoms. The highest BCUT2D eigenvalue weighted by Crippen LogP contribution is 2.38. The number of amides is 1. The van der Waals surface area contributed by atoms with Gasteiger partial charge in [0.25, 0.3) is 5.91 Å². The third-order valence-electron chi connectivity index (χ3n) is 16.5. The summed E-state index contributed by atoms with van der Waals surface area (Å²) in [6.45, 7) is 17.9. The van der Waals surface area contributed by atoms with Gasteiger partial charge in [-0.15, -0.1) is 0 Å². The molecular formula is C66H113F2NO8Si. The Balaban J connectivity index is 1.91. The minimum absolute atomic E-state index is 0.0825. The number of aliphatic hydroxyl groups excluding tert-OH is 1. The molecule has 448 valence electrons. The minimum atomic E-state index is -3.76. The number of esters is 1. The van der Waals surface area contributed by atoms with E-state index >= 15 is 8.78 Å². The Hall–Kier alpha value is -2.74. The maximum Gasteiger partial charge on any atom is 0.338 e. The summed E-state index contributed by atoms with van der Waals surface area (Å²) in [7, 11) is -2.44. The third-order valence-corrected chi connectivity index (χ3v) is 21.0. The molecule has 2 N–H and O–H groups in total. The first-order valence-corrected chi connectivity index (χ1v) is 34.7. The molecule has 0 aromatic heterocycles. The second-order valence-corrected chi connectivity index (χ2v) is 29.2. The zero-order chi connectivity index (χ0) is 56.9. The van der Waals surface area contributed by atoms with Crippen LogP contribution in [-0.2, 0) is 33.0 Å². The number of aliphatic hydroxyl groups is 1. The Kier molecular flexibility index (Phi) is 36.1. The molecule has 2 aromatic carbocycles. The number of unbranched alkanes of at least 4 members (excludes halogenated alkanes) is 26. The van der Waals surface area contributed by atoms with Crippen LogP contribution in [0, 0.1) is 0 Å². The molecule has 2 aromatic rings. The number of rotatable bonds is 46. The SMILES string of the molecule is CCCCCCCCCCCCO[C@H](CCCCCCCCCCC)CCO[C@H]1[C@H](O)[C@@H](CO[Si](C)(C)C(C)(C)C)O[C@H](C(=O)OC(c2ccccc2)c2ccccc2)[C@@H]1NC(=O)C(F)(F)CCCCCCCCCCCC. The fourth-order valence-corrected chi connectivity index (χ4v) is 11.3. The first kappa shape index (κ1) is 69.5. The number of carbonyl (C=O) groups is 2. The number of nitrogens with one attached hydrogen (secondary N) is 1. The average molecular weight is 1110 g/mol. The van der Waals surface area contributed by atoms with Gasteiger partial charge in [-0.3, -0.25) is 4.79 Å². The van der Waals surface area contributed by atoms with E-state index in [1.165, 1.54) is 122 Å². The van der Waals surface area contributed by atoms with E-state index in [4.69, 9.17) is 23.4 Å². The van der Waals surface area contributed by atoms with Crippen LogP contribution in [0.25, 0.3) is 0 Å². The predicted octanol–water partition coefficient (Wildman–Crippen LogP) is 17.9. The Labute approximate surface area is 475 Å². The lowest BCUT2D eigenvalue weighted by Crippen LogP contribution is -2.68. The van der Waals surface area contributed by atoms with Crippen molar-refractivity contribution in [2.75, 3.05) is 19.8 Å². The van der Waals surface area contributed by atoms with Gasteiger partial charge in [-0.05, 0) is 54.9 Å². The zero-order valence-corrected chi connectivity index (χ0v) is 51.6. The molecule has 1 amide bonds. The average Bonchev–Trinajstić information content (AvgIpc) is 3.42. The summed E-state index contributed by atoms with van der Waals surface area (Å²) in [5.41, 5.74) is 1.39. The van der Waals surface area contributed by atoms with Crippen LogP contribution < -0.4 is 5.32 Å². The number of carbonyl (C=O) groups excluding carboxylic acids is 2. The van der Waals surface area contributed by atoms with Gasteiger partial charge >= 0.3 is 11.9 Å². The van der Waals surface area contributed by atoms with E-state index < -0.39 is 69.1 Å². The molecule has 0 aliphatic carbocycles. The van der Waals surface area contributed by atoms with E-state index in [9.17, 15) is 14.7 Å². The first-order valence-electron chi connectivity index (χ1n) is 31.8. The predicted molar refractivity (Wildman–Crippen MR) is 320 cm³/mol. The van der Waals surface area contributed by atoms with Crippen molar-refractivity contribution in [3.63, 3.8) is 0 Å². The standard InChI is InChI=1S/C66H113F2NO8Si/c1-9-12-15-18-21-24-27-30-33-42-50-66(67,68)64(72)69-58-61(74-52-49-56(48-41-32-29-26-23-20-17-14-11-3)73-51-43-34-31-28-25-22-19-16-13-10-2)59(70)57(53-75-78(7,8)65(4,5)6)76-62(58)63(71)77-60(54-44-37-35-38-45-54)55-46-39-36-40-47-55/h35-40,44-47,56-62,70H,9-34,41-43,48-53H2,1-8H3,(H,69,72)/t56-,57-,58-,59-,61-,62+/m1/s1. The van der Waals surface area contributed by atoms with E-state index in [0.29, 0.717) is 30.6 Å². The maximum absolute atomic E-state index is 16.2. The largest absolute Gasteiger partial charge is 0.451 e. The van der Waals surface area contributed by atoms with Crippen LogP contribution in [0.2, 0.25) is 18.1 Å². The molecule has 1 aliphatic rings. The van der Waals surface area contributed by atoms with Crippen LogP contribution in [0.4, 0.5) is 8.78 Å². The second kappa shape index (κ2) is 40.4. The summed E-state index contributed by atoms with van der Waals surface area (Å²) in [5.74, 6) is -6.17. The van der Waals surface area contributed by atoms with Crippen LogP contribution in [0.1, 0.15) is 264 Å². The van der Waals surface area contributed by atoms with Gasteiger partial charge in [0, 0.05) is 19.6 Å². The van der Waals surface area contributed by atoms with Crippen molar-refractivity contribution in [3.05, 3.63) is 71.8 Å². The minimum Gasteiger partial charge on any atom is -0.451 e. The van der Waals surface area contributed by atoms with Gasteiger partial charge in [-0.1, -0.05) is 276 Å². The van der Waals surface area contributed by atoms with Crippen LogP contribution in [0.3, 0.4) is 0 Å². The molecule has 78 heavy (non-hydrogen) atoms. The normalized spacial score (nSPS) is 18.6. The van der Waals surface area contributed by atoms with Gasteiger partial charge in [-0.2, -0.15) is 8.78 Å². The quantitative estimate of drug-likeness (QED) is 0.0383. The van der Waals surface area contributed by atoms with E-state index in [0.717, 1.165) is 57.8 Å². The lowest BCUT2D eigenvalue weighted by molar-refractivity contribution is -0.221. The van der Waals surface area contributed by atoms with E-state index in [-0.39, 0.29) is 30.8 Å². The second-order valence-electron chi connectivity index (χ2n) is 24.3. The monoisotopic (exact) mass is 1110 g/mol. The summed E-state index contributed by atoms with van der Waals surface area (Å²) in [4.78, 5) is 29.0. The van der Waals surface area contributed by atoms with Gasteiger partial charge in [0.2, 0.25) is 0 Å². The fraction of sp³-hybridized carbons (Fsp3) is 0.788. The smallest absolute Gasteiger partial charge is 0.338 e. The number of hydrogen-bond donors (Lipinski definition) is 2. The van der Waals surface area contributed by atoms with Gasteiger partial charge in [0.05, 0.1) is 18.8 Å². The van der Waals surface area contributed by atoms with Gasteiger partial charge in [0.1, 0.15) is 18.3 Å². The lowest BCUT2D eigenvalue weighted by Gasteiger charge is -2.46. The summed E-state index contributed by atoms with van der Waals surface area (Å²) in [5, 5.41) is 14.8. The highest BCUT2D eigenvalue weighted by Gasteiger charge is 2.53. The van der Waals surface area contributed by atoms with Crippen molar-refractivity contribution in [1.29, 1.82) is 0 Å². The van der Waals surface area contributed by atoms with Gasteiger partial charge in [-0.25, -0.2) is 4.79 Å². The molecule has 9 nitrogen and oxygen atoms in total. The number of alkyl halides is 2. The van der Waals surface area contributed by atoms with Crippen molar-refractivity contribution in [2.24, 2.45) is 0 Å². The molecule has 1 heterocycles. The molecule has 1 aliphatic heterocycles. The van der Waals surface area contributed by atoms with Crippen LogP contribution in [-0.4, -0.2) is 87.6 Å². The molecule has 12 heteroatoms. The fourth-order valence-electron chi connectivity index (χ4n) is 10.3. The molecule has 0 saturated carbocycles. The highest BCUT2D eigenvalue weighted by atomic mass is 28.4. The Bertz CT molecular complexity index is 1760. The van der Waals surface area contributed by atoms with E-state index in [1.54, 1.807) is 0 Å². The lowest BCUT2D eigenvalue weighted by atomic mass is 9.91. The highest BCUT2D eigenvalue weighted by molar-refractivity contribution is 6.74. The maximum atomic E-state index is 16.2. The molecule has 1 fully saturated rings. The van der Waals surface area contributed by atoms with Crippen molar-refractivity contribution >= 4 is 20.2 Å². The molecule has 3 rings (SSSR count). The molecule has 0 unspecified atom stereocenters. The van der Waals surface area contributed by atoms with Crippen molar-refractivity contribution in [3.8, 4) is 0 Å². The molecular weight excluding hydrogens is 1000 g/mol. The number of ether oxygens (including phenoxy) is 4. The summed E-state index contributed by atoms with van der Waals surface area (Å²) < 4.78 is 65.2. The van der Waals surface area contributed by atoms with Crippen molar-refractivity contribution in [2.45, 2.75) is 314 Å². The van der Waals surface area contributed by atoms with Crippen molar-refractivity contribution < 1.29 is 46.8 Å². The van der Waals surface area contributed by atoms with Crippen LogP contribution >= 0.6 is 0 Å². The number of benzene rings is 2. The Morgan fingerprint density at radius 3 is 1.51 bits per heavy atom.